The van der Waals surface area contributed by atoms with Crippen molar-refractivity contribution >= 4 is 33.2 Å². The molecule has 2 aromatic rings. The summed E-state index contributed by atoms with van der Waals surface area (Å²) in [7, 11) is 0. The second-order valence-corrected chi connectivity index (χ2v) is 5.72. The molecule has 0 aliphatic heterocycles. The molecule has 0 aliphatic rings. The van der Waals surface area contributed by atoms with Crippen LogP contribution >= 0.6 is 27.5 Å². The van der Waals surface area contributed by atoms with Crippen molar-refractivity contribution in [3.8, 4) is 5.75 Å². The number of hydrogen-bond acceptors (Lipinski definition) is 3. The van der Waals surface area contributed by atoms with Gasteiger partial charge in [0.25, 0.3) is 0 Å². The van der Waals surface area contributed by atoms with Gasteiger partial charge in [-0.1, -0.05) is 17.7 Å². The Morgan fingerprint density at radius 1 is 1.29 bits per heavy atom. The fourth-order valence-corrected chi connectivity index (χ4v) is 2.24. The molecule has 2 aromatic carbocycles. The predicted molar refractivity (Wildman–Crippen MR) is 85.5 cm³/mol. The molecule has 2 rings (SSSR count). The minimum Gasteiger partial charge on any atom is -0.491 e. The quantitative estimate of drug-likeness (QED) is 0.800. The normalized spacial score (nSPS) is 12.0. The van der Waals surface area contributed by atoms with Crippen LogP contribution in [0.15, 0.2) is 46.9 Å². The van der Waals surface area contributed by atoms with E-state index in [1.807, 2.05) is 0 Å². The van der Waals surface area contributed by atoms with Crippen molar-refractivity contribution in [2.24, 2.45) is 0 Å². The lowest BCUT2D eigenvalue weighted by Crippen LogP contribution is -2.26. The molecule has 1 unspecified atom stereocenters. The number of benzene rings is 2. The largest absolute Gasteiger partial charge is 0.491 e. The Bertz CT molecular complexity index is 612. The summed E-state index contributed by atoms with van der Waals surface area (Å²) in [5.41, 5.74) is 0.580. The first-order chi connectivity index (χ1) is 10.0. The molecule has 0 fully saturated rings. The Balaban J connectivity index is 1.82. The molecule has 1 atom stereocenters. The maximum atomic E-state index is 13.1. The Morgan fingerprint density at radius 3 is 2.86 bits per heavy atom. The zero-order chi connectivity index (χ0) is 15.2. The standard InChI is InChI=1S/C15H14BrClFNO2/c16-14-5-4-11(18)7-15(14)19-8-12(20)9-21-13-3-1-2-10(17)6-13/h1-7,12,19-20H,8-9H2. The summed E-state index contributed by atoms with van der Waals surface area (Å²) in [5, 5.41) is 13.4. The van der Waals surface area contributed by atoms with E-state index in [9.17, 15) is 9.50 Å². The van der Waals surface area contributed by atoms with Crippen LogP contribution in [0.3, 0.4) is 0 Å². The third-order valence-corrected chi connectivity index (χ3v) is 3.62. The van der Waals surface area contributed by atoms with Crippen LogP contribution in [0.25, 0.3) is 0 Å². The van der Waals surface area contributed by atoms with Crippen molar-refractivity contribution < 1.29 is 14.2 Å². The van der Waals surface area contributed by atoms with Gasteiger partial charge in [-0.2, -0.15) is 0 Å². The third kappa shape index (κ3) is 5.19. The molecule has 0 saturated carbocycles. The Hall–Kier alpha value is -1.30. The monoisotopic (exact) mass is 373 g/mol. The molecular weight excluding hydrogens is 361 g/mol. The van der Waals surface area contributed by atoms with E-state index in [1.165, 1.54) is 12.1 Å². The minimum atomic E-state index is -0.737. The van der Waals surface area contributed by atoms with E-state index in [1.54, 1.807) is 30.3 Å². The van der Waals surface area contributed by atoms with Crippen LogP contribution in [0.4, 0.5) is 10.1 Å². The lowest BCUT2D eigenvalue weighted by molar-refractivity contribution is 0.117. The first-order valence-corrected chi connectivity index (χ1v) is 7.47. The van der Waals surface area contributed by atoms with E-state index in [0.29, 0.717) is 16.5 Å². The highest BCUT2D eigenvalue weighted by Gasteiger charge is 2.08. The Kier molecular flexibility index (Phi) is 5.85. The van der Waals surface area contributed by atoms with Gasteiger partial charge in [-0.15, -0.1) is 0 Å². The van der Waals surface area contributed by atoms with Crippen LogP contribution in [0.5, 0.6) is 5.75 Å². The van der Waals surface area contributed by atoms with Gasteiger partial charge in [-0.3, -0.25) is 0 Å². The van der Waals surface area contributed by atoms with Crippen LogP contribution in [0.2, 0.25) is 5.02 Å². The van der Waals surface area contributed by atoms with E-state index < -0.39 is 6.10 Å². The Morgan fingerprint density at radius 2 is 2.10 bits per heavy atom. The molecule has 21 heavy (non-hydrogen) atoms. The molecule has 0 bridgehead atoms. The molecule has 0 heterocycles. The molecular formula is C15H14BrClFNO2. The average molecular weight is 375 g/mol. The van der Waals surface area contributed by atoms with Crippen molar-refractivity contribution in [1.29, 1.82) is 0 Å². The maximum absolute atomic E-state index is 13.1. The van der Waals surface area contributed by atoms with Gasteiger partial charge in [0, 0.05) is 16.0 Å². The smallest absolute Gasteiger partial charge is 0.125 e. The molecule has 0 aromatic heterocycles. The minimum absolute atomic E-state index is 0.111. The first-order valence-electron chi connectivity index (χ1n) is 6.30. The van der Waals surface area contributed by atoms with Crippen molar-refractivity contribution in [2.45, 2.75) is 6.10 Å². The topological polar surface area (TPSA) is 41.5 Å². The zero-order valence-corrected chi connectivity index (χ0v) is 13.4. The first kappa shape index (κ1) is 16.1. The van der Waals surface area contributed by atoms with Crippen LogP contribution in [0, 0.1) is 5.82 Å². The number of hydrogen-bond donors (Lipinski definition) is 2. The van der Waals surface area contributed by atoms with E-state index in [-0.39, 0.29) is 19.0 Å². The summed E-state index contributed by atoms with van der Waals surface area (Å²) >= 11 is 9.15. The van der Waals surface area contributed by atoms with Gasteiger partial charge in [0.05, 0.1) is 5.69 Å². The van der Waals surface area contributed by atoms with E-state index >= 15 is 0 Å². The highest BCUT2D eigenvalue weighted by Crippen LogP contribution is 2.23. The van der Waals surface area contributed by atoms with Crippen molar-refractivity contribution in [3.63, 3.8) is 0 Å². The van der Waals surface area contributed by atoms with Crippen molar-refractivity contribution in [2.75, 3.05) is 18.5 Å². The van der Waals surface area contributed by atoms with E-state index in [4.69, 9.17) is 16.3 Å². The molecule has 6 heteroatoms. The van der Waals surface area contributed by atoms with Gasteiger partial charge in [0.15, 0.2) is 0 Å². The highest BCUT2D eigenvalue weighted by atomic mass is 79.9. The van der Waals surface area contributed by atoms with E-state index in [0.717, 1.165) is 4.47 Å². The fraction of sp³-hybridized carbons (Fsp3) is 0.200. The maximum Gasteiger partial charge on any atom is 0.125 e. The predicted octanol–water partition coefficient (Wildman–Crippen LogP) is 4.09. The van der Waals surface area contributed by atoms with Gasteiger partial charge >= 0.3 is 0 Å². The zero-order valence-electron chi connectivity index (χ0n) is 11.0. The summed E-state index contributed by atoms with van der Waals surface area (Å²) < 4.78 is 19.3. The van der Waals surface area contributed by atoms with Crippen molar-refractivity contribution in [3.05, 3.63) is 57.8 Å². The molecule has 0 amide bonds. The van der Waals surface area contributed by atoms with Crippen LogP contribution in [0.1, 0.15) is 0 Å². The van der Waals surface area contributed by atoms with Crippen LogP contribution in [-0.4, -0.2) is 24.4 Å². The molecule has 0 saturated heterocycles. The molecule has 112 valence electrons. The van der Waals surface area contributed by atoms with Gasteiger partial charge in [-0.25, -0.2) is 4.39 Å². The summed E-state index contributed by atoms with van der Waals surface area (Å²) in [6, 6.07) is 11.3. The summed E-state index contributed by atoms with van der Waals surface area (Å²) in [4.78, 5) is 0. The highest BCUT2D eigenvalue weighted by molar-refractivity contribution is 9.10. The number of aliphatic hydroxyl groups excluding tert-OH is 1. The van der Waals surface area contributed by atoms with Gasteiger partial charge < -0.3 is 15.2 Å². The lowest BCUT2D eigenvalue weighted by Gasteiger charge is -2.15. The molecule has 0 spiro atoms. The summed E-state index contributed by atoms with van der Waals surface area (Å²) in [6.45, 7) is 0.350. The summed E-state index contributed by atoms with van der Waals surface area (Å²) in [5.74, 6) is 0.249. The van der Waals surface area contributed by atoms with Gasteiger partial charge in [0.2, 0.25) is 0 Å². The molecule has 0 aliphatic carbocycles. The average Bonchev–Trinajstić information content (AvgIpc) is 2.46. The van der Waals surface area contributed by atoms with E-state index in [2.05, 4.69) is 21.2 Å². The summed E-state index contributed by atoms with van der Waals surface area (Å²) in [6.07, 6.45) is -0.737. The number of rotatable bonds is 6. The van der Waals surface area contributed by atoms with Crippen molar-refractivity contribution in [1.82, 2.24) is 0 Å². The van der Waals surface area contributed by atoms with Crippen LogP contribution < -0.4 is 10.1 Å². The third-order valence-electron chi connectivity index (χ3n) is 2.70. The fourth-order valence-electron chi connectivity index (χ4n) is 1.67. The van der Waals surface area contributed by atoms with Gasteiger partial charge in [-0.05, 0) is 52.3 Å². The second kappa shape index (κ2) is 7.64. The lowest BCUT2D eigenvalue weighted by atomic mass is 10.3. The van der Waals surface area contributed by atoms with Gasteiger partial charge in [0.1, 0.15) is 24.3 Å². The number of ether oxygens (including phenoxy) is 1. The molecule has 0 radical (unpaired) electrons. The SMILES string of the molecule is OC(CNc1cc(F)ccc1Br)COc1cccc(Cl)c1. The Labute approximate surface area is 135 Å². The molecule has 2 N–H and O–H groups in total. The van der Waals surface area contributed by atoms with Crippen LogP contribution in [-0.2, 0) is 0 Å². The number of aliphatic hydroxyl groups is 1. The number of nitrogens with one attached hydrogen (secondary N) is 1. The number of halogens is 3. The molecule has 3 nitrogen and oxygen atoms in total. The number of anilines is 1. The second-order valence-electron chi connectivity index (χ2n) is 4.43.